The lowest BCUT2D eigenvalue weighted by atomic mass is 10.0. The van der Waals surface area contributed by atoms with Gasteiger partial charge in [-0.15, -0.1) is 0 Å². The second-order valence-electron chi connectivity index (χ2n) is 6.98. The van der Waals surface area contributed by atoms with Crippen molar-refractivity contribution in [3.8, 4) is 0 Å². The zero-order chi connectivity index (χ0) is 19.9. The van der Waals surface area contributed by atoms with E-state index in [9.17, 15) is 14.4 Å². The summed E-state index contributed by atoms with van der Waals surface area (Å²) in [6.45, 7) is 1.28. The van der Waals surface area contributed by atoms with Crippen LogP contribution >= 0.6 is 0 Å². The molecule has 1 N–H and O–H groups in total. The standard InChI is InChI=1S/C21H25N3O4/c1-23(21(27)18-10-7-13-28-18)15-19(25)22-17(14-16-8-3-2-4-9-16)20(26)24-11-5-6-12-24/h2-4,7-10,13,17H,5-6,11-12,14-15H2,1H3,(H,22,25). The van der Waals surface area contributed by atoms with Gasteiger partial charge in [-0.05, 0) is 30.5 Å². The number of benzene rings is 1. The van der Waals surface area contributed by atoms with E-state index in [4.69, 9.17) is 4.42 Å². The van der Waals surface area contributed by atoms with E-state index >= 15 is 0 Å². The van der Waals surface area contributed by atoms with Crippen LogP contribution in [0.3, 0.4) is 0 Å². The van der Waals surface area contributed by atoms with Crippen molar-refractivity contribution in [1.29, 1.82) is 0 Å². The summed E-state index contributed by atoms with van der Waals surface area (Å²) in [4.78, 5) is 40.8. The predicted octanol–water partition coefficient (Wildman–Crippen LogP) is 1.70. The van der Waals surface area contributed by atoms with E-state index in [-0.39, 0.29) is 30.0 Å². The number of rotatable bonds is 7. The lowest BCUT2D eigenvalue weighted by Crippen LogP contribution is -2.51. The average Bonchev–Trinajstić information content (AvgIpc) is 3.41. The molecule has 148 valence electrons. The fraction of sp³-hybridized carbons (Fsp3) is 0.381. The maximum atomic E-state index is 12.9. The largest absolute Gasteiger partial charge is 0.459 e. The minimum Gasteiger partial charge on any atom is -0.459 e. The van der Waals surface area contributed by atoms with Crippen molar-refractivity contribution in [1.82, 2.24) is 15.1 Å². The van der Waals surface area contributed by atoms with Crippen molar-refractivity contribution in [2.75, 3.05) is 26.7 Å². The highest BCUT2D eigenvalue weighted by Gasteiger charge is 2.28. The van der Waals surface area contributed by atoms with Crippen molar-refractivity contribution in [3.05, 3.63) is 60.1 Å². The Morgan fingerprint density at radius 1 is 1.11 bits per heavy atom. The Bertz CT molecular complexity index is 798. The van der Waals surface area contributed by atoms with E-state index in [1.165, 1.54) is 18.2 Å². The summed E-state index contributed by atoms with van der Waals surface area (Å²) >= 11 is 0. The van der Waals surface area contributed by atoms with Crippen molar-refractivity contribution in [2.24, 2.45) is 0 Å². The molecule has 7 heteroatoms. The van der Waals surface area contributed by atoms with Crippen LogP contribution in [0.15, 0.2) is 53.1 Å². The van der Waals surface area contributed by atoms with Crippen LogP contribution in [-0.4, -0.2) is 60.2 Å². The lowest BCUT2D eigenvalue weighted by molar-refractivity contribution is -0.135. The van der Waals surface area contributed by atoms with E-state index < -0.39 is 6.04 Å². The summed E-state index contributed by atoms with van der Waals surface area (Å²) in [5, 5.41) is 2.82. The lowest BCUT2D eigenvalue weighted by Gasteiger charge is -2.25. The van der Waals surface area contributed by atoms with Crippen molar-refractivity contribution < 1.29 is 18.8 Å². The minimum absolute atomic E-state index is 0.0743. The molecule has 1 aliphatic heterocycles. The predicted molar refractivity (Wildman–Crippen MR) is 104 cm³/mol. The Labute approximate surface area is 164 Å². The molecule has 2 aromatic rings. The van der Waals surface area contributed by atoms with Gasteiger partial charge < -0.3 is 19.5 Å². The first-order chi connectivity index (χ1) is 13.5. The third-order valence-electron chi connectivity index (χ3n) is 4.79. The molecular weight excluding hydrogens is 358 g/mol. The number of hydrogen-bond acceptors (Lipinski definition) is 4. The van der Waals surface area contributed by atoms with Gasteiger partial charge in [0.15, 0.2) is 5.76 Å². The van der Waals surface area contributed by atoms with Gasteiger partial charge in [0.05, 0.1) is 12.8 Å². The molecule has 1 aliphatic rings. The monoisotopic (exact) mass is 383 g/mol. The number of amides is 3. The van der Waals surface area contributed by atoms with E-state index in [1.54, 1.807) is 17.0 Å². The molecule has 0 spiro atoms. The zero-order valence-electron chi connectivity index (χ0n) is 16.0. The van der Waals surface area contributed by atoms with Gasteiger partial charge in [0.25, 0.3) is 5.91 Å². The highest BCUT2D eigenvalue weighted by Crippen LogP contribution is 2.12. The third kappa shape index (κ3) is 5.00. The van der Waals surface area contributed by atoms with Crippen molar-refractivity contribution >= 4 is 17.7 Å². The number of carbonyl (C=O) groups is 3. The van der Waals surface area contributed by atoms with E-state index in [0.717, 1.165) is 31.5 Å². The summed E-state index contributed by atoms with van der Waals surface area (Å²) < 4.78 is 5.08. The SMILES string of the molecule is CN(CC(=O)NC(Cc1ccccc1)C(=O)N1CCCC1)C(=O)c1ccco1. The first kappa shape index (κ1) is 19.7. The van der Waals surface area contributed by atoms with Crippen LogP contribution in [-0.2, 0) is 16.0 Å². The summed E-state index contributed by atoms with van der Waals surface area (Å²) in [7, 11) is 1.53. The van der Waals surface area contributed by atoms with Crippen LogP contribution in [0.5, 0.6) is 0 Å². The normalized spacial score (nSPS) is 14.5. The Balaban J connectivity index is 1.64. The molecule has 0 saturated carbocycles. The van der Waals surface area contributed by atoms with Crippen molar-refractivity contribution in [3.63, 3.8) is 0 Å². The number of likely N-dealkylation sites (tertiary alicyclic amines) is 1. The first-order valence-electron chi connectivity index (χ1n) is 9.45. The molecule has 0 bridgehead atoms. The fourth-order valence-electron chi connectivity index (χ4n) is 3.32. The molecule has 1 aromatic heterocycles. The molecular formula is C21H25N3O4. The molecule has 0 radical (unpaired) electrons. The van der Waals surface area contributed by atoms with E-state index in [1.807, 2.05) is 30.3 Å². The molecule has 3 amide bonds. The van der Waals surface area contributed by atoms with Crippen LogP contribution in [0, 0.1) is 0 Å². The molecule has 1 saturated heterocycles. The van der Waals surface area contributed by atoms with Gasteiger partial charge in [0, 0.05) is 26.6 Å². The van der Waals surface area contributed by atoms with Crippen LogP contribution in [0.1, 0.15) is 29.0 Å². The molecule has 1 aromatic carbocycles. The van der Waals surface area contributed by atoms with Gasteiger partial charge in [-0.25, -0.2) is 0 Å². The Hall–Kier alpha value is -3.09. The van der Waals surface area contributed by atoms with E-state index in [2.05, 4.69) is 5.32 Å². The highest BCUT2D eigenvalue weighted by molar-refractivity contribution is 5.95. The number of carbonyl (C=O) groups excluding carboxylic acids is 3. The molecule has 28 heavy (non-hydrogen) atoms. The topological polar surface area (TPSA) is 82.9 Å². The van der Waals surface area contributed by atoms with Gasteiger partial charge in [0.2, 0.25) is 11.8 Å². The smallest absolute Gasteiger partial charge is 0.289 e. The van der Waals surface area contributed by atoms with Crippen LogP contribution in [0.2, 0.25) is 0 Å². The molecule has 1 fully saturated rings. The second-order valence-corrected chi connectivity index (χ2v) is 6.98. The highest BCUT2D eigenvalue weighted by atomic mass is 16.3. The molecule has 1 atom stereocenters. The maximum absolute atomic E-state index is 12.9. The first-order valence-corrected chi connectivity index (χ1v) is 9.45. The molecule has 0 aliphatic carbocycles. The fourth-order valence-corrected chi connectivity index (χ4v) is 3.32. The zero-order valence-corrected chi connectivity index (χ0v) is 16.0. The molecule has 7 nitrogen and oxygen atoms in total. The van der Waals surface area contributed by atoms with Gasteiger partial charge >= 0.3 is 0 Å². The van der Waals surface area contributed by atoms with Gasteiger partial charge in [-0.3, -0.25) is 14.4 Å². The summed E-state index contributed by atoms with van der Waals surface area (Å²) in [6, 6.07) is 12.1. The molecule has 1 unspecified atom stereocenters. The van der Waals surface area contributed by atoms with Gasteiger partial charge in [-0.2, -0.15) is 0 Å². The number of nitrogens with one attached hydrogen (secondary N) is 1. The second kappa shape index (κ2) is 9.21. The third-order valence-corrected chi connectivity index (χ3v) is 4.79. The summed E-state index contributed by atoms with van der Waals surface area (Å²) in [5.41, 5.74) is 0.973. The summed E-state index contributed by atoms with van der Waals surface area (Å²) in [5.74, 6) is -0.666. The van der Waals surface area contributed by atoms with E-state index in [0.29, 0.717) is 6.42 Å². The number of hydrogen-bond donors (Lipinski definition) is 1. The maximum Gasteiger partial charge on any atom is 0.289 e. The Kier molecular flexibility index (Phi) is 6.47. The average molecular weight is 383 g/mol. The van der Waals surface area contributed by atoms with Gasteiger partial charge in [0.1, 0.15) is 6.04 Å². The van der Waals surface area contributed by atoms with Gasteiger partial charge in [-0.1, -0.05) is 30.3 Å². The number of nitrogens with zero attached hydrogens (tertiary/aromatic N) is 2. The molecule has 3 rings (SSSR count). The molecule has 2 heterocycles. The Morgan fingerprint density at radius 2 is 1.82 bits per heavy atom. The quantitative estimate of drug-likeness (QED) is 0.789. The minimum atomic E-state index is -0.653. The van der Waals surface area contributed by atoms with Crippen molar-refractivity contribution in [2.45, 2.75) is 25.3 Å². The van der Waals surface area contributed by atoms with Crippen LogP contribution in [0.25, 0.3) is 0 Å². The number of furan rings is 1. The van der Waals surface area contributed by atoms with Crippen LogP contribution < -0.4 is 5.32 Å². The summed E-state index contributed by atoms with van der Waals surface area (Å²) in [6.07, 6.45) is 3.79. The number of likely N-dealkylation sites (N-methyl/N-ethyl adjacent to an activating group) is 1. The van der Waals surface area contributed by atoms with Crippen LogP contribution in [0.4, 0.5) is 0 Å². The Morgan fingerprint density at radius 3 is 2.46 bits per heavy atom.